The Bertz CT molecular complexity index is 430. The first kappa shape index (κ1) is 11.0. The fourth-order valence-corrected chi connectivity index (χ4v) is 1.21. The van der Waals surface area contributed by atoms with Crippen LogP contribution in [0.5, 0.6) is 0 Å². The molecule has 0 atom stereocenters. The van der Waals surface area contributed by atoms with Gasteiger partial charge in [-0.1, -0.05) is 43.5 Å². The molecule has 15 heavy (non-hydrogen) atoms. The van der Waals surface area contributed by atoms with E-state index in [9.17, 15) is 4.79 Å². The summed E-state index contributed by atoms with van der Waals surface area (Å²) in [6, 6.07) is 6.85. The molecule has 0 radical (unpaired) electrons. The molecule has 0 aliphatic rings. The zero-order chi connectivity index (χ0) is 11.3. The molecular weight excluding hydrogens is 186 g/mol. The summed E-state index contributed by atoms with van der Waals surface area (Å²) in [6.07, 6.45) is 4.69. The van der Waals surface area contributed by atoms with Gasteiger partial charge in [-0.15, -0.1) is 0 Å². The molecule has 0 amide bonds. The second kappa shape index (κ2) is 4.96. The largest absolute Gasteiger partial charge is 0.399 e. The highest BCUT2D eigenvalue weighted by atomic mass is 16.1. The lowest BCUT2D eigenvalue weighted by Gasteiger charge is -2.01. The average molecular weight is 199 g/mol. The van der Waals surface area contributed by atoms with Gasteiger partial charge in [0.1, 0.15) is 0 Å². The Balaban J connectivity index is 3.08. The predicted octanol–water partition coefficient (Wildman–Crippen LogP) is 2.75. The van der Waals surface area contributed by atoms with Crippen LogP contribution in [0.15, 0.2) is 61.2 Å². The normalized spacial score (nSPS) is 10.8. The van der Waals surface area contributed by atoms with Crippen molar-refractivity contribution in [2.24, 2.45) is 0 Å². The SMILES string of the molecule is C=CC=C(C=C)C(=O)c1cccc(N)c1. The molecule has 1 aromatic rings. The standard InChI is InChI=1S/C13H13NO/c1-3-6-10(4-2)13(15)11-7-5-8-12(14)9-11/h3-9H,1-2,14H2. The van der Waals surface area contributed by atoms with Gasteiger partial charge in [-0.05, 0) is 12.1 Å². The molecule has 0 heterocycles. The quantitative estimate of drug-likeness (QED) is 0.350. The van der Waals surface area contributed by atoms with E-state index in [4.69, 9.17) is 5.73 Å². The van der Waals surface area contributed by atoms with Crippen LogP contribution >= 0.6 is 0 Å². The number of Topliss-reactive ketones (excluding diaryl/α,β-unsaturated/α-hetero) is 1. The number of ketones is 1. The van der Waals surface area contributed by atoms with E-state index in [1.807, 2.05) is 0 Å². The third-order valence-electron chi connectivity index (χ3n) is 1.93. The molecule has 0 aliphatic heterocycles. The molecule has 76 valence electrons. The van der Waals surface area contributed by atoms with E-state index in [1.54, 1.807) is 36.4 Å². The number of carbonyl (C=O) groups excluding carboxylic acids is 1. The van der Waals surface area contributed by atoms with Gasteiger partial charge < -0.3 is 5.73 Å². The van der Waals surface area contributed by atoms with Crippen molar-refractivity contribution in [3.05, 3.63) is 66.8 Å². The van der Waals surface area contributed by atoms with Gasteiger partial charge in [0.15, 0.2) is 5.78 Å². The van der Waals surface area contributed by atoms with Crippen LogP contribution in [-0.2, 0) is 0 Å². The Hall–Kier alpha value is -2.09. The number of hydrogen-bond donors (Lipinski definition) is 1. The van der Waals surface area contributed by atoms with Gasteiger partial charge in [0.2, 0.25) is 0 Å². The van der Waals surface area contributed by atoms with E-state index in [1.165, 1.54) is 6.08 Å². The van der Waals surface area contributed by atoms with Crippen molar-refractivity contribution in [2.75, 3.05) is 5.73 Å². The van der Waals surface area contributed by atoms with E-state index in [0.717, 1.165) is 0 Å². The fraction of sp³-hybridized carbons (Fsp3) is 0. The highest BCUT2D eigenvalue weighted by Crippen LogP contribution is 2.12. The van der Waals surface area contributed by atoms with Crippen molar-refractivity contribution in [1.29, 1.82) is 0 Å². The minimum absolute atomic E-state index is 0.0998. The van der Waals surface area contributed by atoms with Crippen molar-refractivity contribution in [3.63, 3.8) is 0 Å². The molecule has 0 spiro atoms. The van der Waals surface area contributed by atoms with Crippen LogP contribution in [-0.4, -0.2) is 5.78 Å². The zero-order valence-corrected chi connectivity index (χ0v) is 8.44. The van der Waals surface area contributed by atoms with Crippen molar-refractivity contribution in [1.82, 2.24) is 0 Å². The predicted molar refractivity (Wildman–Crippen MR) is 63.7 cm³/mol. The van der Waals surface area contributed by atoms with Crippen LogP contribution in [0.4, 0.5) is 5.69 Å². The molecule has 1 aromatic carbocycles. The van der Waals surface area contributed by atoms with Gasteiger partial charge in [-0.2, -0.15) is 0 Å². The molecule has 2 nitrogen and oxygen atoms in total. The molecule has 0 fully saturated rings. The van der Waals surface area contributed by atoms with E-state index in [0.29, 0.717) is 16.8 Å². The maximum Gasteiger partial charge on any atom is 0.193 e. The first-order chi connectivity index (χ1) is 7.19. The minimum Gasteiger partial charge on any atom is -0.399 e. The number of hydrogen-bond acceptors (Lipinski definition) is 2. The number of benzene rings is 1. The van der Waals surface area contributed by atoms with Crippen LogP contribution in [0.25, 0.3) is 0 Å². The molecule has 0 saturated heterocycles. The Morgan fingerprint density at radius 1 is 1.33 bits per heavy atom. The van der Waals surface area contributed by atoms with Gasteiger partial charge in [-0.3, -0.25) is 4.79 Å². The van der Waals surface area contributed by atoms with Crippen molar-refractivity contribution in [2.45, 2.75) is 0 Å². The van der Waals surface area contributed by atoms with E-state index in [2.05, 4.69) is 13.2 Å². The number of anilines is 1. The Morgan fingerprint density at radius 2 is 2.07 bits per heavy atom. The zero-order valence-electron chi connectivity index (χ0n) is 8.44. The highest BCUT2D eigenvalue weighted by Gasteiger charge is 2.08. The van der Waals surface area contributed by atoms with Gasteiger partial charge in [0.05, 0.1) is 0 Å². The first-order valence-electron chi connectivity index (χ1n) is 4.54. The Labute approximate surface area is 89.4 Å². The van der Waals surface area contributed by atoms with Crippen molar-refractivity contribution >= 4 is 11.5 Å². The van der Waals surface area contributed by atoms with E-state index < -0.39 is 0 Å². The van der Waals surface area contributed by atoms with Crippen LogP contribution < -0.4 is 5.73 Å². The lowest BCUT2D eigenvalue weighted by atomic mass is 10.0. The van der Waals surface area contributed by atoms with E-state index >= 15 is 0 Å². The third-order valence-corrected chi connectivity index (χ3v) is 1.93. The topological polar surface area (TPSA) is 43.1 Å². The maximum absolute atomic E-state index is 11.9. The monoisotopic (exact) mass is 199 g/mol. The smallest absolute Gasteiger partial charge is 0.193 e. The number of carbonyl (C=O) groups is 1. The summed E-state index contributed by atoms with van der Waals surface area (Å²) in [5, 5.41) is 0. The highest BCUT2D eigenvalue weighted by molar-refractivity contribution is 6.11. The average Bonchev–Trinajstić information content (AvgIpc) is 2.25. The van der Waals surface area contributed by atoms with Gasteiger partial charge in [0.25, 0.3) is 0 Å². The van der Waals surface area contributed by atoms with Gasteiger partial charge in [-0.25, -0.2) is 0 Å². The molecular formula is C13H13NO. The first-order valence-corrected chi connectivity index (χ1v) is 4.54. The van der Waals surface area contributed by atoms with Gasteiger partial charge >= 0.3 is 0 Å². The Kier molecular flexibility index (Phi) is 3.63. The summed E-state index contributed by atoms with van der Waals surface area (Å²) in [5.41, 5.74) is 7.23. The van der Waals surface area contributed by atoms with Crippen LogP contribution in [0.1, 0.15) is 10.4 Å². The fourth-order valence-electron chi connectivity index (χ4n) is 1.21. The lowest BCUT2D eigenvalue weighted by Crippen LogP contribution is -2.01. The molecule has 0 unspecified atom stereocenters. The molecule has 0 saturated carbocycles. The van der Waals surface area contributed by atoms with Crippen molar-refractivity contribution in [3.8, 4) is 0 Å². The Morgan fingerprint density at radius 3 is 2.60 bits per heavy atom. The summed E-state index contributed by atoms with van der Waals surface area (Å²) in [5.74, 6) is -0.0998. The number of allylic oxidation sites excluding steroid dienone is 4. The minimum atomic E-state index is -0.0998. The summed E-state index contributed by atoms with van der Waals surface area (Å²) in [7, 11) is 0. The van der Waals surface area contributed by atoms with Gasteiger partial charge in [0, 0.05) is 16.8 Å². The molecule has 2 heteroatoms. The second-order valence-electron chi connectivity index (χ2n) is 3.02. The molecule has 1 rings (SSSR count). The molecule has 2 N–H and O–H groups in total. The lowest BCUT2D eigenvalue weighted by molar-refractivity contribution is 0.103. The van der Waals surface area contributed by atoms with Crippen LogP contribution in [0.2, 0.25) is 0 Å². The van der Waals surface area contributed by atoms with Crippen LogP contribution in [0.3, 0.4) is 0 Å². The molecule has 0 bridgehead atoms. The summed E-state index contributed by atoms with van der Waals surface area (Å²) < 4.78 is 0. The summed E-state index contributed by atoms with van der Waals surface area (Å²) in [4.78, 5) is 11.9. The number of nitrogens with two attached hydrogens (primary N) is 1. The number of nitrogen functional groups attached to an aromatic ring is 1. The number of rotatable bonds is 4. The molecule has 0 aromatic heterocycles. The second-order valence-corrected chi connectivity index (χ2v) is 3.02. The van der Waals surface area contributed by atoms with Crippen molar-refractivity contribution < 1.29 is 4.79 Å². The maximum atomic E-state index is 11.9. The summed E-state index contributed by atoms with van der Waals surface area (Å²) in [6.45, 7) is 7.12. The summed E-state index contributed by atoms with van der Waals surface area (Å²) >= 11 is 0. The third kappa shape index (κ3) is 2.68. The molecule has 0 aliphatic carbocycles. The van der Waals surface area contributed by atoms with Crippen LogP contribution in [0, 0.1) is 0 Å². The van der Waals surface area contributed by atoms with E-state index in [-0.39, 0.29) is 5.78 Å².